The number of esters is 1. The van der Waals surface area contributed by atoms with Crippen LogP contribution in [0.25, 0.3) is 0 Å². The van der Waals surface area contributed by atoms with Crippen molar-refractivity contribution in [1.29, 1.82) is 0 Å². The van der Waals surface area contributed by atoms with Gasteiger partial charge >= 0.3 is 5.97 Å². The number of rotatable bonds is 1. The van der Waals surface area contributed by atoms with Gasteiger partial charge in [-0.25, -0.2) is 0 Å². The second-order valence-corrected chi connectivity index (χ2v) is 3.74. The summed E-state index contributed by atoms with van der Waals surface area (Å²) in [6.07, 6.45) is 0.764. The van der Waals surface area contributed by atoms with Crippen LogP contribution in [0.4, 0.5) is 0 Å². The third-order valence-electron chi connectivity index (χ3n) is 2.83. The minimum Gasteiger partial charge on any atom is -0.469 e. The van der Waals surface area contributed by atoms with Crippen molar-refractivity contribution in [2.45, 2.75) is 26.3 Å². The van der Waals surface area contributed by atoms with E-state index in [2.05, 4.69) is 4.74 Å². The SMILES string of the molecule is COC(=O)[C@H]1C[C@H](N)C1(C)C. The number of hydrogen-bond acceptors (Lipinski definition) is 3. The fourth-order valence-corrected chi connectivity index (χ4v) is 1.50. The summed E-state index contributed by atoms with van der Waals surface area (Å²) < 4.78 is 4.64. The number of methoxy groups -OCH3 is 1. The molecule has 3 heteroatoms. The highest BCUT2D eigenvalue weighted by atomic mass is 16.5. The van der Waals surface area contributed by atoms with Gasteiger partial charge in [-0.1, -0.05) is 13.8 Å². The summed E-state index contributed by atoms with van der Waals surface area (Å²) in [4.78, 5) is 11.1. The summed E-state index contributed by atoms with van der Waals surface area (Å²) in [6.45, 7) is 4.01. The van der Waals surface area contributed by atoms with Crippen LogP contribution in [0, 0.1) is 11.3 Å². The van der Waals surface area contributed by atoms with E-state index in [1.165, 1.54) is 7.11 Å². The average Bonchev–Trinajstić information content (AvgIpc) is 1.98. The highest BCUT2D eigenvalue weighted by molar-refractivity contribution is 5.74. The summed E-state index contributed by atoms with van der Waals surface area (Å²) in [7, 11) is 1.42. The molecule has 1 fully saturated rings. The maximum Gasteiger partial charge on any atom is 0.309 e. The van der Waals surface area contributed by atoms with Crippen molar-refractivity contribution in [1.82, 2.24) is 0 Å². The first-order valence-electron chi connectivity index (χ1n) is 3.83. The molecule has 11 heavy (non-hydrogen) atoms. The monoisotopic (exact) mass is 157 g/mol. The summed E-state index contributed by atoms with van der Waals surface area (Å²) in [5.74, 6) is -0.126. The molecule has 2 N–H and O–H groups in total. The third kappa shape index (κ3) is 1.13. The standard InChI is InChI=1S/C8H15NO2/c1-8(2)5(4-6(8)9)7(10)11-3/h5-6H,4,9H2,1-3H3/t5-,6+/m1/s1. The van der Waals surface area contributed by atoms with E-state index in [1.807, 2.05) is 13.8 Å². The second-order valence-electron chi connectivity index (χ2n) is 3.74. The molecule has 0 spiro atoms. The molecular formula is C8H15NO2. The Hall–Kier alpha value is -0.570. The molecule has 0 unspecified atom stereocenters. The van der Waals surface area contributed by atoms with Gasteiger partial charge in [0, 0.05) is 6.04 Å². The molecule has 1 aliphatic rings. The lowest BCUT2D eigenvalue weighted by atomic mass is 9.59. The number of ether oxygens (including phenoxy) is 1. The van der Waals surface area contributed by atoms with Crippen LogP contribution in [0.5, 0.6) is 0 Å². The smallest absolute Gasteiger partial charge is 0.309 e. The van der Waals surface area contributed by atoms with Crippen LogP contribution in [0.1, 0.15) is 20.3 Å². The number of carbonyl (C=O) groups excluding carboxylic acids is 1. The van der Waals surface area contributed by atoms with E-state index in [-0.39, 0.29) is 23.3 Å². The Morgan fingerprint density at radius 3 is 2.45 bits per heavy atom. The van der Waals surface area contributed by atoms with Crippen LogP contribution >= 0.6 is 0 Å². The van der Waals surface area contributed by atoms with Gasteiger partial charge in [0.05, 0.1) is 13.0 Å². The van der Waals surface area contributed by atoms with Gasteiger partial charge in [-0.15, -0.1) is 0 Å². The Balaban J connectivity index is 2.59. The fourth-order valence-electron chi connectivity index (χ4n) is 1.50. The summed E-state index contributed by atoms with van der Waals surface area (Å²) in [5.41, 5.74) is 5.66. The van der Waals surface area contributed by atoms with E-state index in [1.54, 1.807) is 0 Å². The van der Waals surface area contributed by atoms with Crippen molar-refractivity contribution in [3.8, 4) is 0 Å². The first kappa shape index (κ1) is 8.53. The zero-order valence-corrected chi connectivity index (χ0v) is 7.26. The lowest BCUT2D eigenvalue weighted by Crippen LogP contribution is -2.57. The molecule has 0 heterocycles. The quantitative estimate of drug-likeness (QED) is 0.565. The van der Waals surface area contributed by atoms with E-state index in [0.29, 0.717) is 0 Å². The molecule has 1 saturated carbocycles. The van der Waals surface area contributed by atoms with E-state index < -0.39 is 0 Å². The molecule has 64 valence electrons. The normalized spacial score (nSPS) is 34.2. The van der Waals surface area contributed by atoms with Gasteiger partial charge in [-0.05, 0) is 11.8 Å². The van der Waals surface area contributed by atoms with Gasteiger partial charge in [0.1, 0.15) is 0 Å². The lowest BCUT2D eigenvalue weighted by Gasteiger charge is -2.48. The molecular weight excluding hydrogens is 142 g/mol. The molecule has 0 aliphatic heterocycles. The van der Waals surface area contributed by atoms with Gasteiger partial charge in [0.15, 0.2) is 0 Å². The van der Waals surface area contributed by atoms with E-state index in [4.69, 9.17) is 5.73 Å². The first-order valence-corrected chi connectivity index (χ1v) is 3.83. The van der Waals surface area contributed by atoms with Gasteiger partial charge in [-0.2, -0.15) is 0 Å². The van der Waals surface area contributed by atoms with Crippen molar-refractivity contribution in [2.24, 2.45) is 17.1 Å². The van der Waals surface area contributed by atoms with Gasteiger partial charge in [0.2, 0.25) is 0 Å². The Morgan fingerprint density at radius 2 is 2.18 bits per heavy atom. The van der Waals surface area contributed by atoms with Crippen LogP contribution in [0.2, 0.25) is 0 Å². The maximum absolute atomic E-state index is 11.1. The van der Waals surface area contributed by atoms with Crippen LogP contribution in [-0.4, -0.2) is 19.1 Å². The molecule has 0 radical (unpaired) electrons. The molecule has 0 bridgehead atoms. The average molecular weight is 157 g/mol. The molecule has 1 aliphatic carbocycles. The van der Waals surface area contributed by atoms with E-state index in [0.717, 1.165) is 6.42 Å². The Bertz CT molecular complexity index is 177. The zero-order valence-electron chi connectivity index (χ0n) is 7.26. The van der Waals surface area contributed by atoms with Crippen molar-refractivity contribution in [2.75, 3.05) is 7.11 Å². The third-order valence-corrected chi connectivity index (χ3v) is 2.83. The van der Waals surface area contributed by atoms with Gasteiger partial charge in [0.25, 0.3) is 0 Å². The van der Waals surface area contributed by atoms with Crippen LogP contribution in [0.3, 0.4) is 0 Å². The first-order chi connectivity index (χ1) is 5.00. The van der Waals surface area contributed by atoms with E-state index >= 15 is 0 Å². The van der Waals surface area contributed by atoms with Crippen molar-refractivity contribution < 1.29 is 9.53 Å². The number of hydrogen-bond donors (Lipinski definition) is 1. The number of carbonyl (C=O) groups is 1. The molecule has 0 aromatic rings. The zero-order chi connectivity index (χ0) is 8.65. The lowest BCUT2D eigenvalue weighted by molar-refractivity contribution is -0.157. The van der Waals surface area contributed by atoms with E-state index in [9.17, 15) is 4.79 Å². The second kappa shape index (κ2) is 2.48. The minimum absolute atomic E-state index is 0.00231. The molecule has 2 atom stereocenters. The fraction of sp³-hybridized carbons (Fsp3) is 0.875. The van der Waals surface area contributed by atoms with Crippen LogP contribution < -0.4 is 5.73 Å². The molecule has 0 aromatic carbocycles. The van der Waals surface area contributed by atoms with Gasteiger partial charge < -0.3 is 10.5 Å². The summed E-state index contributed by atoms with van der Waals surface area (Å²) >= 11 is 0. The number of nitrogens with two attached hydrogens (primary N) is 1. The molecule has 0 saturated heterocycles. The van der Waals surface area contributed by atoms with Crippen molar-refractivity contribution >= 4 is 5.97 Å². The molecule has 1 rings (SSSR count). The largest absolute Gasteiger partial charge is 0.469 e. The highest BCUT2D eigenvalue weighted by Crippen LogP contribution is 2.45. The summed E-state index contributed by atoms with van der Waals surface area (Å²) in [6, 6.07) is 0.145. The highest BCUT2D eigenvalue weighted by Gasteiger charge is 2.50. The topological polar surface area (TPSA) is 52.3 Å². The molecule has 0 amide bonds. The predicted molar refractivity (Wildman–Crippen MR) is 41.9 cm³/mol. The summed E-state index contributed by atoms with van der Waals surface area (Å²) in [5, 5.41) is 0. The Labute approximate surface area is 66.9 Å². The van der Waals surface area contributed by atoms with Crippen molar-refractivity contribution in [3.05, 3.63) is 0 Å². The van der Waals surface area contributed by atoms with Crippen molar-refractivity contribution in [3.63, 3.8) is 0 Å². The Morgan fingerprint density at radius 1 is 1.64 bits per heavy atom. The minimum atomic E-state index is -0.128. The molecule has 3 nitrogen and oxygen atoms in total. The molecule has 0 aromatic heterocycles. The predicted octanol–water partition coefficient (Wildman–Crippen LogP) is 0.533. The van der Waals surface area contributed by atoms with Crippen LogP contribution in [-0.2, 0) is 9.53 Å². The maximum atomic E-state index is 11.1. The Kier molecular flexibility index (Phi) is 1.92. The van der Waals surface area contributed by atoms with Gasteiger partial charge in [-0.3, -0.25) is 4.79 Å². The van der Waals surface area contributed by atoms with Crippen LogP contribution in [0.15, 0.2) is 0 Å².